The number of para-hydroxylation sites is 1. The number of hydrogen-bond donors (Lipinski definition) is 0. The van der Waals surface area contributed by atoms with Crippen LogP contribution in [-0.4, -0.2) is 37.7 Å². The predicted molar refractivity (Wildman–Crippen MR) is 122 cm³/mol. The van der Waals surface area contributed by atoms with E-state index in [4.69, 9.17) is 16.3 Å². The molecule has 0 spiro atoms. The quantitative estimate of drug-likeness (QED) is 0.642. The molecule has 2 aromatic carbocycles. The van der Waals surface area contributed by atoms with Crippen LogP contribution < -0.4 is 15.1 Å². The zero-order valence-electron chi connectivity index (χ0n) is 17.7. The summed E-state index contributed by atoms with van der Waals surface area (Å²) in [4.78, 5) is 17.7. The van der Waals surface area contributed by atoms with Crippen molar-refractivity contribution in [3.8, 4) is 5.75 Å². The zero-order valence-corrected chi connectivity index (χ0v) is 18.4. The molecule has 2 aromatic rings. The molecule has 1 heterocycles. The fourth-order valence-electron chi connectivity index (χ4n) is 3.59. The molecule has 0 bridgehead atoms. The highest BCUT2D eigenvalue weighted by molar-refractivity contribution is 6.33. The predicted octanol–water partition coefficient (Wildman–Crippen LogP) is 4.93. The highest BCUT2D eigenvalue weighted by Gasteiger charge is 2.20. The number of rotatable bonds is 7. The lowest BCUT2D eigenvalue weighted by Crippen LogP contribution is -2.46. The molecule has 0 saturated carbocycles. The van der Waals surface area contributed by atoms with Gasteiger partial charge in [-0.3, -0.25) is 9.69 Å². The molecule has 5 heteroatoms. The second-order valence-corrected chi connectivity index (χ2v) is 8.32. The Bertz CT molecular complexity index is 877. The number of piperazine rings is 1. The van der Waals surface area contributed by atoms with Crippen molar-refractivity contribution in [3.63, 3.8) is 0 Å². The third-order valence-electron chi connectivity index (χ3n) is 5.38. The Morgan fingerprint density at radius 2 is 1.79 bits per heavy atom. The van der Waals surface area contributed by atoms with Gasteiger partial charge in [0.2, 0.25) is 5.43 Å². The van der Waals surface area contributed by atoms with Gasteiger partial charge in [0.05, 0.1) is 17.3 Å². The topological polar surface area (TPSA) is 32.8 Å². The molecule has 1 fully saturated rings. The Balaban J connectivity index is 1.74. The van der Waals surface area contributed by atoms with E-state index in [9.17, 15) is 4.79 Å². The highest BCUT2D eigenvalue weighted by atomic mass is 35.5. The van der Waals surface area contributed by atoms with Crippen molar-refractivity contribution < 1.29 is 4.74 Å². The van der Waals surface area contributed by atoms with E-state index in [0.29, 0.717) is 24.8 Å². The number of ether oxygens (including phenoxy) is 1. The van der Waals surface area contributed by atoms with E-state index in [1.165, 1.54) is 0 Å². The molecule has 1 aliphatic rings. The summed E-state index contributed by atoms with van der Waals surface area (Å²) in [5.74, 6) is 0.822. The van der Waals surface area contributed by atoms with Crippen molar-refractivity contribution in [1.29, 1.82) is 0 Å². The normalized spacial score (nSPS) is 15.0. The maximum absolute atomic E-state index is 13.1. The average molecular weight is 415 g/mol. The third-order valence-corrected chi connectivity index (χ3v) is 5.70. The zero-order chi connectivity index (χ0) is 20.8. The molecule has 0 aliphatic carbocycles. The summed E-state index contributed by atoms with van der Waals surface area (Å²) in [6.07, 6.45) is 0.883. The second-order valence-electron chi connectivity index (χ2n) is 7.91. The maximum Gasteiger partial charge on any atom is 0.224 e. The van der Waals surface area contributed by atoms with Crippen LogP contribution in [0.1, 0.15) is 44.2 Å². The highest BCUT2D eigenvalue weighted by Crippen LogP contribution is 2.26. The molecule has 4 nitrogen and oxygen atoms in total. The van der Waals surface area contributed by atoms with Gasteiger partial charge in [0, 0.05) is 38.3 Å². The molecule has 1 aliphatic heterocycles. The summed E-state index contributed by atoms with van der Waals surface area (Å²) in [5.41, 5.74) is 3.03. The molecule has 0 atom stereocenters. The Hall–Kier alpha value is -2.04. The van der Waals surface area contributed by atoms with E-state index in [0.717, 1.165) is 54.4 Å². The third kappa shape index (κ3) is 5.52. The first-order chi connectivity index (χ1) is 14.0. The summed E-state index contributed by atoms with van der Waals surface area (Å²) >= 11 is 6.35. The van der Waals surface area contributed by atoms with Crippen LogP contribution in [-0.2, 0) is 6.54 Å². The van der Waals surface area contributed by atoms with Crippen LogP contribution in [0.15, 0.2) is 47.3 Å². The van der Waals surface area contributed by atoms with Gasteiger partial charge in [-0.25, -0.2) is 0 Å². The smallest absolute Gasteiger partial charge is 0.224 e. The molecule has 0 aromatic heterocycles. The van der Waals surface area contributed by atoms with Gasteiger partial charge in [0.15, 0.2) is 5.75 Å². The van der Waals surface area contributed by atoms with Gasteiger partial charge in [0.25, 0.3) is 0 Å². The van der Waals surface area contributed by atoms with Gasteiger partial charge in [-0.2, -0.15) is 0 Å². The average Bonchev–Trinajstić information content (AvgIpc) is 2.87. The largest absolute Gasteiger partial charge is 0.489 e. The monoisotopic (exact) mass is 414 g/mol. The molecule has 0 amide bonds. The second kappa shape index (κ2) is 10.1. The summed E-state index contributed by atoms with van der Waals surface area (Å²) in [7, 11) is 0. The first-order valence-electron chi connectivity index (χ1n) is 10.5. The summed E-state index contributed by atoms with van der Waals surface area (Å²) in [5, 5.41) is 0.789. The Kier molecular flexibility index (Phi) is 7.57. The van der Waals surface area contributed by atoms with Gasteiger partial charge >= 0.3 is 0 Å². The summed E-state index contributed by atoms with van der Waals surface area (Å²) in [6.45, 7) is 11.1. The van der Waals surface area contributed by atoms with Crippen molar-refractivity contribution in [1.82, 2.24) is 4.90 Å². The van der Waals surface area contributed by atoms with Crippen LogP contribution in [0.4, 0.5) is 5.69 Å². The lowest BCUT2D eigenvalue weighted by molar-refractivity contribution is 0.248. The molecule has 0 N–H and O–H groups in total. The van der Waals surface area contributed by atoms with Crippen molar-refractivity contribution in [2.75, 3.05) is 37.7 Å². The molecule has 29 heavy (non-hydrogen) atoms. The van der Waals surface area contributed by atoms with Crippen LogP contribution in [0.5, 0.6) is 5.75 Å². The van der Waals surface area contributed by atoms with E-state index < -0.39 is 0 Å². The fraction of sp³-hybridized carbons (Fsp3) is 0.458. The molecule has 0 unspecified atom stereocenters. The standard InChI is InChI=1S/C24H31ClN2O2/c1-4-15-29-23-16-19(18(2)3)9-10-20(24(23)28)17-26-11-13-27(14-12-26)22-8-6-5-7-21(22)25/h5-10,16,18H,4,11-15,17H2,1-3H3. The summed E-state index contributed by atoms with van der Waals surface area (Å²) < 4.78 is 5.80. The first-order valence-corrected chi connectivity index (χ1v) is 10.9. The van der Waals surface area contributed by atoms with Crippen molar-refractivity contribution in [2.45, 2.75) is 39.7 Å². The SMILES string of the molecule is CCCOc1cc(C(C)C)ccc(CN2CCN(c3ccccc3Cl)CC2)c1=O. The van der Waals surface area contributed by atoms with E-state index in [1.54, 1.807) is 0 Å². The van der Waals surface area contributed by atoms with Crippen molar-refractivity contribution in [3.05, 3.63) is 68.8 Å². The Morgan fingerprint density at radius 3 is 2.45 bits per heavy atom. The van der Waals surface area contributed by atoms with E-state index in [2.05, 4.69) is 42.7 Å². The van der Waals surface area contributed by atoms with Gasteiger partial charge in [0.1, 0.15) is 0 Å². The van der Waals surface area contributed by atoms with Crippen molar-refractivity contribution >= 4 is 17.3 Å². The van der Waals surface area contributed by atoms with Gasteiger partial charge in [-0.15, -0.1) is 0 Å². The number of hydrogen-bond acceptors (Lipinski definition) is 4. The minimum absolute atomic E-state index is 0.0129. The van der Waals surface area contributed by atoms with Crippen molar-refractivity contribution in [2.24, 2.45) is 0 Å². The number of nitrogens with zero attached hydrogens (tertiary/aromatic N) is 2. The Labute approximate surface area is 179 Å². The van der Waals surface area contributed by atoms with E-state index >= 15 is 0 Å². The van der Waals surface area contributed by atoms with Crippen LogP contribution in [0, 0.1) is 0 Å². The molecule has 0 radical (unpaired) electrons. The lowest BCUT2D eigenvalue weighted by Gasteiger charge is -2.36. The van der Waals surface area contributed by atoms with Gasteiger partial charge in [-0.05, 0) is 36.1 Å². The van der Waals surface area contributed by atoms with E-state index in [1.807, 2.05) is 30.3 Å². The van der Waals surface area contributed by atoms with Crippen LogP contribution >= 0.6 is 11.6 Å². The van der Waals surface area contributed by atoms with E-state index in [-0.39, 0.29) is 5.43 Å². The van der Waals surface area contributed by atoms with Crippen LogP contribution in [0.2, 0.25) is 5.02 Å². The minimum atomic E-state index is 0.0129. The van der Waals surface area contributed by atoms with Crippen LogP contribution in [0.3, 0.4) is 0 Å². The molecular weight excluding hydrogens is 384 g/mol. The van der Waals surface area contributed by atoms with Crippen LogP contribution in [0.25, 0.3) is 0 Å². The van der Waals surface area contributed by atoms with Gasteiger partial charge in [-0.1, -0.05) is 56.6 Å². The molecule has 3 rings (SSSR count). The minimum Gasteiger partial charge on any atom is -0.489 e. The molecular formula is C24H31ClN2O2. The maximum atomic E-state index is 13.1. The lowest BCUT2D eigenvalue weighted by atomic mass is 10.1. The number of anilines is 1. The molecule has 1 saturated heterocycles. The molecule has 156 valence electrons. The number of halogens is 1. The fourth-order valence-corrected chi connectivity index (χ4v) is 3.85. The Morgan fingerprint density at radius 1 is 1.07 bits per heavy atom. The number of benzene rings is 1. The first kappa shape index (κ1) is 21.7. The summed E-state index contributed by atoms with van der Waals surface area (Å²) in [6, 6.07) is 13.9. The van der Waals surface area contributed by atoms with Gasteiger partial charge < -0.3 is 9.64 Å².